The van der Waals surface area contributed by atoms with E-state index in [0.717, 1.165) is 17.0 Å². The van der Waals surface area contributed by atoms with Crippen LogP contribution >= 0.6 is 38.5 Å². The van der Waals surface area contributed by atoms with Crippen LogP contribution in [-0.4, -0.2) is 18.2 Å². The SMILES string of the molecule is O=C1c2ccccc2C(=O)N1c1c(Br)cc(OC(F)(F)F)cc1I. The van der Waals surface area contributed by atoms with Crippen molar-refractivity contribution in [2.24, 2.45) is 0 Å². The van der Waals surface area contributed by atoms with Gasteiger partial charge in [0.05, 0.1) is 16.8 Å². The van der Waals surface area contributed by atoms with E-state index < -0.39 is 23.9 Å². The molecule has 1 aliphatic rings. The summed E-state index contributed by atoms with van der Waals surface area (Å²) < 4.78 is 41.3. The number of ether oxygens (including phenoxy) is 1. The number of hydrogen-bond acceptors (Lipinski definition) is 3. The molecule has 9 heteroatoms. The molecule has 0 N–H and O–H groups in total. The summed E-state index contributed by atoms with van der Waals surface area (Å²) in [5, 5.41) is 0. The number of amides is 2. The second-order valence-corrected chi connectivity index (χ2v) is 6.79. The van der Waals surface area contributed by atoms with E-state index in [1.807, 2.05) is 0 Å². The summed E-state index contributed by atoms with van der Waals surface area (Å²) in [5.74, 6) is -1.50. The van der Waals surface area contributed by atoms with Crippen molar-refractivity contribution in [3.63, 3.8) is 0 Å². The van der Waals surface area contributed by atoms with Crippen LogP contribution in [-0.2, 0) is 0 Å². The number of imide groups is 1. The Morgan fingerprint density at radius 2 is 1.58 bits per heavy atom. The second-order valence-electron chi connectivity index (χ2n) is 4.77. The molecule has 0 aromatic heterocycles. The largest absolute Gasteiger partial charge is 0.573 e. The molecule has 0 radical (unpaired) electrons. The van der Waals surface area contributed by atoms with E-state index in [1.54, 1.807) is 34.7 Å². The fourth-order valence-corrected chi connectivity index (χ4v) is 4.17. The first-order valence-corrected chi connectivity index (χ1v) is 8.29. The van der Waals surface area contributed by atoms with Gasteiger partial charge in [0, 0.05) is 8.04 Å². The Balaban J connectivity index is 2.05. The third-order valence-corrected chi connectivity index (χ3v) is 4.67. The number of alkyl halides is 3. The monoisotopic (exact) mass is 511 g/mol. The summed E-state index contributed by atoms with van der Waals surface area (Å²) in [7, 11) is 0. The molecule has 0 fully saturated rings. The molecule has 2 aromatic rings. The third kappa shape index (κ3) is 3.02. The average Bonchev–Trinajstić information content (AvgIpc) is 2.71. The van der Waals surface area contributed by atoms with Gasteiger partial charge in [0.1, 0.15) is 5.75 Å². The summed E-state index contributed by atoms with van der Waals surface area (Å²) in [6, 6.07) is 8.49. The zero-order valence-corrected chi connectivity index (χ0v) is 15.3. The molecular weight excluding hydrogens is 506 g/mol. The highest BCUT2D eigenvalue weighted by Crippen LogP contribution is 2.40. The number of nitrogens with zero attached hydrogens (tertiary/aromatic N) is 1. The quantitative estimate of drug-likeness (QED) is 0.432. The van der Waals surface area contributed by atoms with Gasteiger partial charge in [0.2, 0.25) is 0 Å². The number of benzene rings is 2. The van der Waals surface area contributed by atoms with Gasteiger partial charge in [0.25, 0.3) is 11.8 Å². The van der Waals surface area contributed by atoms with Gasteiger partial charge >= 0.3 is 6.36 Å². The van der Waals surface area contributed by atoms with Crippen molar-refractivity contribution in [2.45, 2.75) is 6.36 Å². The molecule has 0 saturated carbocycles. The first-order valence-electron chi connectivity index (χ1n) is 6.41. The lowest BCUT2D eigenvalue weighted by Gasteiger charge is -2.19. The molecule has 2 amide bonds. The topological polar surface area (TPSA) is 46.6 Å². The van der Waals surface area contributed by atoms with Crippen LogP contribution in [0.5, 0.6) is 5.75 Å². The number of rotatable bonds is 2. The van der Waals surface area contributed by atoms with Crippen LogP contribution in [0, 0.1) is 3.57 Å². The lowest BCUT2D eigenvalue weighted by atomic mass is 10.1. The zero-order chi connectivity index (χ0) is 17.6. The smallest absolute Gasteiger partial charge is 0.406 e. The fraction of sp³-hybridized carbons (Fsp3) is 0.0667. The van der Waals surface area contributed by atoms with Crippen molar-refractivity contribution in [3.05, 3.63) is 55.6 Å². The molecule has 0 atom stereocenters. The predicted octanol–water partition coefficient (Wildman–Crippen LogP) is 4.75. The fourth-order valence-electron chi connectivity index (χ4n) is 2.34. The first kappa shape index (κ1) is 17.2. The minimum atomic E-state index is -4.83. The minimum absolute atomic E-state index is 0.142. The number of carbonyl (C=O) groups is 2. The maximum absolute atomic E-state index is 12.5. The Morgan fingerprint density at radius 1 is 1.04 bits per heavy atom. The maximum atomic E-state index is 12.5. The zero-order valence-electron chi connectivity index (χ0n) is 11.5. The highest BCUT2D eigenvalue weighted by molar-refractivity contribution is 14.1. The van der Waals surface area contributed by atoms with E-state index in [9.17, 15) is 22.8 Å². The predicted molar refractivity (Wildman–Crippen MR) is 91.1 cm³/mol. The van der Waals surface area contributed by atoms with Crippen molar-refractivity contribution in [1.82, 2.24) is 0 Å². The highest BCUT2D eigenvalue weighted by atomic mass is 127. The van der Waals surface area contributed by atoms with E-state index in [4.69, 9.17) is 0 Å². The van der Waals surface area contributed by atoms with Crippen molar-refractivity contribution in [3.8, 4) is 5.75 Å². The Kier molecular flexibility index (Phi) is 4.32. The number of anilines is 1. The van der Waals surface area contributed by atoms with E-state index in [-0.39, 0.29) is 24.9 Å². The van der Waals surface area contributed by atoms with Crippen molar-refractivity contribution in [2.75, 3.05) is 4.90 Å². The Bertz CT molecular complexity index is 811. The minimum Gasteiger partial charge on any atom is -0.406 e. The molecule has 124 valence electrons. The summed E-state index contributed by atoms with van der Waals surface area (Å²) in [6.07, 6.45) is -4.83. The van der Waals surface area contributed by atoms with E-state index in [1.165, 1.54) is 12.1 Å². The number of halogens is 5. The maximum Gasteiger partial charge on any atom is 0.573 e. The highest BCUT2D eigenvalue weighted by Gasteiger charge is 2.39. The Labute approximate surface area is 155 Å². The molecule has 0 unspecified atom stereocenters. The van der Waals surface area contributed by atoms with Crippen LogP contribution in [0.15, 0.2) is 40.9 Å². The molecule has 0 saturated heterocycles. The molecule has 0 bridgehead atoms. The molecule has 2 aromatic carbocycles. The van der Waals surface area contributed by atoms with Gasteiger partial charge in [-0.25, -0.2) is 4.90 Å². The van der Waals surface area contributed by atoms with Gasteiger partial charge in [-0.3, -0.25) is 9.59 Å². The normalized spacial score (nSPS) is 14.1. The van der Waals surface area contributed by atoms with Gasteiger partial charge in [-0.05, 0) is 62.8 Å². The van der Waals surface area contributed by atoms with Crippen LogP contribution in [0.2, 0.25) is 0 Å². The lowest BCUT2D eigenvalue weighted by molar-refractivity contribution is -0.274. The Hall–Kier alpha value is -1.62. The summed E-state index contributed by atoms with van der Waals surface area (Å²) in [6.45, 7) is 0. The Morgan fingerprint density at radius 3 is 2.04 bits per heavy atom. The summed E-state index contributed by atoms with van der Waals surface area (Å²) >= 11 is 4.87. The van der Waals surface area contributed by atoms with E-state index >= 15 is 0 Å². The van der Waals surface area contributed by atoms with Gasteiger partial charge in [-0.15, -0.1) is 13.2 Å². The summed E-state index contributed by atoms with van der Waals surface area (Å²) in [4.78, 5) is 25.9. The molecular formula is C15H6BrF3INO3. The van der Waals surface area contributed by atoms with Crippen molar-refractivity contribution >= 4 is 56.0 Å². The average molecular weight is 512 g/mol. The second kappa shape index (κ2) is 6.03. The van der Waals surface area contributed by atoms with Crippen LogP contribution < -0.4 is 9.64 Å². The molecule has 1 heterocycles. The standard InChI is InChI=1S/C15H6BrF3INO3/c16-10-5-7(24-15(17,18)19)6-11(20)12(10)21-13(22)8-3-1-2-4-9(8)14(21)23/h1-6H. The molecule has 0 spiro atoms. The molecule has 0 aliphatic carbocycles. The number of carbonyl (C=O) groups excluding carboxylic acids is 2. The first-order chi connectivity index (χ1) is 11.2. The van der Waals surface area contributed by atoms with Gasteiger partial charge in [-0.2, -0.15) is 0 Å². The van der Waals surface area contributed by atoms with Gasteiger partial charge in [-0.1, -0.05) is 12.1 Å². The van der Waals surface area contributed by atoms with Gasteiger partial charge in [0.15, 0.2) is 0 Å². The molecule has 24 heavy (non-hydrogen) atoms. The van der Waals surface area contributed by atoms with Crippen LogP contribution in [0.1, 0.15) is 20.7 Å². The van der Waals surface area contributed by atoms with Crippen LogP contribution in [0.4, 0.5) is 18.9 Å². The van der Waals surface area contributed by atoms with Crippen LogP contribution in [0.25, 0.3) is 0 Å². The number of fused-ring (bicyclic) bond motifs is 1. The molecule has 1 aliphatic heterocycles. The van der Waals surface area contributed by atoms with Crippen LogP contribution in [0.3, 0.4) is 0 Å². The molecule has 3 rings (SSSR count). The number of hydrogen-bond donors (Lipinski definition) is 0. The lowest BCUT2D eigenvalue weighted by Crippen LogP contribution is -2.30. The van der Waals surface area contributed by atoms with E-state index in [0.29, 0.717) is 0 Å². The van der Waals surface area contributed by atoms with Crippen molar-refractivity contribution < 1.29 is 27.5 Å². The molecule has 4 nitrogen and oxygen atoms in total. The van der Waals surface area contributed by atoms with Crippen molar-refractivity contribution in [1.29, 1.82) is 0 Å². The third-order valence-electron chi connectivity index (χ3n) is 3.24. The summed E-state index contributed by atoms with van der Waals surface area (Å²) in [5.41, 5.74) is 0.679. The van der Waals surface area contributed by atoms with Gasteiger partial charge < -0.3 is 4.74 Å². The van der Waals surface area contributed by atoms with E-state index in [2.05, 4.69) is 20.7 Å².